The zero-order valence-electron chi connectivity index (χ0n) is 13.6. The van der Waals surface area contributed by atoms with E-state index >= 15 is 0 Å². The molecule has 0 unspecified atom stereocenters. The van der Waals surface area contributed by atoms with Crippen LogP contribution in [0.5, 0.6) is 0 Å². The van der Waals surface area contributed by atoms with Crippen molar-refractivity contribution in [2.45, 2.75) is 46.5 Å². The molecular weight excluding hydrogens is 262 g/mol. The van der Waals surface area contributed by atoms with Crippen LogP contribution in [0.25, 0.3) is 11.4 Å². The normalized spacial score (nSPS) is 11.1. The molecule has 2 heterocycles. The molecule has 1 N–H and O–H groups in total. The van der Waals surface area contributed by atoms with E-state index in [-0.39, 0.29) is 0 Å². The van der Waals surface area contributed by atoms with Crippen molar-refractivity contribution in [2.24, 2.45) is 7.05 Å². The second kappa shape index (κ2) is 6.70. The molecule has 0 fully saturated rings. The highest BCUT2D eigenvalue weighted by molar-refractivity contribution is 5.60. The lowest BCUT2D eigenvalue weighted by Crippen LogP contribution is -2.06. The van der Waals surface area contributed by atoms with Crippen molar-refractivity contribution in [3.8, 4) is 11.4 Å². The lowest BCUT2D eigenvalue weighted by molar-refractivity contribution is 0.746. The van der Waals surface area contributed by atoms with Crippen LogP contribution in [0, 0.1) is 0 Å². The molecule has 0 aliphatic carbocycles. The van der Waals surface area contributed by atoms with Crippen molar-refractivity contribution < 1.29 is 0 Å². The fourth-order valence-electron chi connectivity index (χ4n) is 2.21. The van der Waals surface area contributed by atoms with Crippen LogP contribution in [0.2, 0.25) is 0 Å². The molecule has 5 nitrogen and oxygen atoms in total. The van der Waals surface area contributed by atoms with Crippen LogP contribution in [0.1, 0.15) is 51.4 Å². The van der Waals surface area contributed by atoms with Gasteiger partial charge < -0.3 is 5.32 Å². The van der Waals surface area contributed by atoms with Gasteiger partial charge in [-0.15, -0.1) is 0 Å². The standard InChI is InChI=1S/C16H25N5/c1-6-8-17-15-9-14(11(3)4)18-16(19-15)12-10-21(5)20-13(12)7-2/h9-11H,6-8H2,1-5H3,(H,17,18,19). The molecule has 0 aliphatic rings. The molecule has 0 radical (unpaired) electrons. The highest BCUT2D eigenvalue weighted by atomic mass is 15.3. The number of hydrogen-bond acceptors (Lipinski definition) is 4. The quantitative estimate of drug-likeness (QED) is 0.885. The Kier molecular flexibility index (Phi) is 4.94. The van der Waals surface area contributed by atoms with Gasteiger partial charge in [-0.25, -0.2) is 9.97 Å². The van der Waals surface area contributed by atoms with Crippen molar-refractivity contribution in [3.05, 3.63) is 23.7 Å². The molecule has 2 rings (SSSR count). The summed E-state index contributed by atoms with van der Waals surface area (Å²) in [5.41, 5.74) is 3.13. The zero-order chi connectivity index (χ0) is 15.4. The van der Waals surface area contributed by atoms with Crippen LogP contribution in [0.4, 0.5) is 5.82 Å². The van der Waals surface area contributed by atoms with Gasteiger partial charge in [0.1, 0.15) is 5.82 Å². The summed E-state index contributed by atoms with van der Waals surface area (Å²) in [6, 6.07) is 2.05. The average molecular weight is 287 g/mol. The maximum absolute atomic E-state index is 4.73. The van der Waals surface area contributed by atoms with E-state index in [0.717, 1.165) is 48.0 Å². The fraction of sp³-hybridized carbons (Fsp3) is 0.562. The molecular formula is C16H25N5. The molecule has 0 amide bonds. The van der Waals surface area contributed by atoms with Crippen LogP contribution >= 0.6 is 0 Å². The fourth-order valence-corrected chi connectivity index (χ4v) is 2.21. The van der Waals surface area contributed by atoms with Crippen LogP contribution in [-0.2, 0) is 13.5 Å². The van der Waals surface area contributed by atoms with Crippen molar-refractivity contribution >= 4 is 5.82 Å². The monoisotopic (exact) mass is 287 g/mol. The van der Waals surface area contributed by atoms with E-state index < -0.39 is 0 Å². The first-order valence-electron chi connectivity index (χ1n) is 7.70. The number of aryl methyl sites for hydroxylation is 2. The van der Waals surface area contributed by atoms with Crippen molar-refractivity contribution in [2.75, 3.05) is 11.9 Å². The minimum absolute atomic E-state index is 0.371. The molecule has 0 aliphatic heterocycles. The third kappa shape index (κ3) is 3.60. The van der Waals surface area contributed by atoms with Gasteiger partial charge in [0, 0.05) is 31.5 Å². The van der Waals surface area contributed by atoms with E-state index in [1.165, 1.54) is 0 Å². The molecule has 0 saturated heterocycles. The predicted octanol–water partition coefficient (Wildman–Crippen LogP) is 3.38. The van der Waals surface area contributed by atoms with Gasteiger partial charge in [0.05, 0.1) is 11.3 Å². The van der Waals surface area contributed by atoms with E-state index in [1.54, 1.807) is 0 Å². The highest BCUT2D eigenvalue weighted by Gasteiger charge is 2.14. The summed E-state index contributed by atoms with van der Waals surface area (Å²) in [6.07, 6.45) is 3.95. The minimum atomic E-state index is 0.371. The maximum atomic E-state index is 4.73. The van der Waals surface area contributed by atoms with Crippen LogP contribution in [0.15, 0.2) is 12.3 Å². The van der Waals surface area contributed by atoms with Crippen LogP contribution < -0.4 is 5.32 Å². The van der Waals surface area contributed by atoms with Crippen LogP contribution in [0.3, 0.4) is 0 Å². The Labute approximate surface area is 126 Å². The van der Waals surface area contributed by atoms with Gasteiger partial charge in [0.25, 0.3) is 0 Å². The largest absolute Gasteiger partial charge is 0.370 e. The Morgan fingerprint density at radius 3 is 2.62 bits per heavy atom. The van der Waals surface area contributed by atoms with Gasteiger partial charge in [-0.2, -0.15) is 5.10 Å². The average Bonchev–Trinajstić information content (AvgIpc) is 2.86. The highest BCUT2D eigenvalue weighted by Crippen LogP contribution is 2.24. The Morgan fingerprint density at radius 1 is 1.24 bits per heavy atom. The van der Waals surface area contributed by atoms with Gasteiger partial charge in [-0.1, -0.05) is 27.7 Å². The predicted molar refractivity (Wildman–Crippen MR) is 86.5 cm³/mol. The number of rotatable bonds is 6. The van der Waals surface area contributed by atoms with Gasteiger partial charge in [-0.3, -0.25) is 4.68 Å². The summed E-state index contributed by atoms with van der Waals surface area (Å²) in [5.74, 6) is 2.04. The Hall–Kier alpha value is -1.91. The topological polar surface area (TPSA) is 55.6 Å². The third-order valence-corrected chi connectivity index (χ3v) is 3.37. The van der Waals surface area contributed by atoms with Crippen LogP contribution in [-0.4, -0.2) is 26.3 Å². The van der Waals surface area contributed by atoms with Gasteiger partial charge in [0.2, 0.25) is 0 Å². The molecule has 0 saturated carbocycles. The number of anilines is 1. The Morgan fingerprint density at radius 2 is 2.00 bits per heavy atom. The maximum Gasteiger partial charge on any atom is 0.165 e. The molecule has 2 aromatic rings. The summed E-state index contributed by atoms with van der Waals surface area (Å²) in [6.45, 7) is 9.48. The molecule has 0 atom stereocenters. The summed E-state index contributed by atoms with van der Waals surface area (Å²) >= 11 is 0. The summed E-state index contributed by atoms with van der Waals surface area (Å²) in [4.78, 5) is 9.40. The molecule has 21 heavy (non-hydrogen) atoms. The second-order valence-electron chi connectivity index (χ2n) is 5.60. The van der Waals surface area contributed by atoms with Gasteiger partial charge >= 0.3 is 0 Å². The Balaban J connectivity index is 2.48. The second-order valence-corrected chi connectivity index (χ2v) is 5.60. The van der Waals surface area contributed by atoms with E-state index in [1.807, 2.05) is 24.0 Å². The number of nitrogens with one attached hydrogen (secondary N) is 1. The van der Waals surface area contributed by atoms with Crippen molar-refractivity contribution in [1.29, 1.82) is 0 Å². The first-order valence-corrected chi connectivity index (χ1v) is 7.70. The first kappa shape index (κ1) is 15.5. The summed E-state index contributed by atoms with van der Waals surface area (Å²) < 4.78 is 1.83. The SMILES string of the molecule is CCCNc1cc(C(C)C)nc(-c2cn(C)nc2CC)n1. The molecule has 5 heteroatoms. The third-order valence-electron chi connectivity index (χ3n) is 3.37. The molecule has 0 spiro atoms. The lowest BCUT2D eigenvalue weighted by atomic mass is 10.1. The number of hydrogen-bond donors (Lipinski definition) is 1. The van der Waals surface area contributed by atoms with Crippen molar-refractivity contribution in [1.82, 2.24) is 19.7 Å². The van der Waals surface area contributed by atoms with Crippen molar-refractivity contribution in [3.63, 3.8) is 0 Å². The van der Waals surface area contributed by atoms with Gasteiger partial charge in [-0.05, 0) is 18.8 Å². The van der Waals surface area contributed by atoms with E-state index in [9.17, 15) is 0 Å². The van der Waals surface area contributed by atoms with E-state index in [2.05, 4.69) is 43.1 Å². The zero-order valence-corrected chi connectivity index (χ0v) is 13.6. The summed E-state index contributed by atoms with van der Waals surface area (Å²) in [5, 5.41) is 7.85. The minimum Gasteiger partial charge on any atom is -0.370 e. The smallest absolute Gasteiger partial charge is 0.165 e. The number of nitrogens with zero attached hydrogens (tertiary/aromatic N) is 4. The number of aromatic nitrogens is 4. The molecule has 114 valence electrons. The lowest BCUT2D eigenvalue weighted by Gasteiger charge is -2.11. The van der Waals surface area contributed by atoms with Gasteiger partial charge in [0.15, 0.2) is 5.82 Å². The molecule has 2 aromatic heterocycles. The van der Waals surface area contributed by atoms with E-state index in [4.69, 9.17) is 4.98 Å². The Bertz CT molecular complexity index is 601. The van der Waals surface area contributed by atoms with E-state index in [0.29, 0.717) is 5.92 Å². The summed E-state index contributed by atoms with van der Waals surface area (Å²) in [7, 11) is 1.94. The first-order chi connectivity index (χ1) is 10.0. The molecule has 0 aromatic carbocycles. The molecule has 0 bridgehead atoms.